The maximum Gasteiger partial charge on any atom is 0.378 e. The van der Waals surface area contributed by atoms with Crippen LogP contribution in [-0.4, -0.2) is 46.9 Å². The van der Waals surface area contributed by atoms with Crippen molar-refractivity contribution in [1.29, 1.82) is 0 Å². The zero-order valence-corrected chi connectivity index (χ0v) is 11.0. The van der Waals surface area contributed by atoms with E-state index in [0.29, 0.717) is 0 Å². The number of amides is 1. The molecule has 0 bridgehead atoms. The first kappa shape index (κ1) is 12.4. The number of carbonyl (C=O) groups is 2. The van der Waals surface area contributed by atoms with Gasteiger partial charge >= 0.3 is 14.0 Å². The molecule has 1 spiro atoms. The Labute approximate surface area is 114 Å². The second kappa shape index (κ2) is 3.92. The fourth-order valence-electron chi connectivity index (χ4n) is 2.51. The highest BCUT2D eigenvalue weighted by Gasteiger charge is 2.62. The van der Waals surface area contributed by atoms with Gasteiger partial charge < -0.3 is 10.4 Å². The second-order valence-corrected chi connectivity index (χ2v) is 6.37. The molecule has 8 heteroatoms. The molecule has 1 saturated carbocycles. The van der Waals surface area contributed by atoms with E-state index in [1.54, 1.807) is 11.8 Å². The Hall–Kier alpha value is -0.655. The summed E-state index contributed by atoms with van der Waals surface area (Å²) in [5, 5.41) is -0.207. The van der Waals surface area contributed by atoms with Crippen molar-refractivity contribution in [3.63, 3.8) is 0 Å². The molecule has 2 aliphatic heterocycles. The van der Waals surface area contributed by atoms with Crippen molar-refractivity contribution >= 4 is 43.3 Å². The summed E-state index contributed by atoms with van der Waals surface area (Å²) in [7, 11) is 4.94. The molecule has 5 nitrogen and oxygen atoms in total. The summed E-state index contributed by atoms with van der Waals surface area (Å²) in [6.07, 6.45) is 1.87. The number of hydrogen-bond acceptors (Lipinski definition) is 5. The minimum atomic E-state index is -0.720. The van der Waals surface area contributed by atoms with E-state index >= 15 is 0 Å². The third-order valence-corrected chi connectivity index (χ3v) is 5.76. The highest BCUT2D eigenvalue weighted by Crippen LogP contribution is 2.62. The summed E-state index contributed by atoms with van der Waals surface area (Å²) in [4.78, 5) is 24.9. The van der Waals surface area contributed by atoms with Crippen molar-refractivity contribution in [3.05, 3.63) is 11.3 Å². The maximum atomic E-state index is 11.8. The van der Waals surface area contributed by atoms with E-state index in [9.17, 15) is 9.59 Å². The molecule has 0 aromatic heterocycles. The number of rotatable bonds is 2. The summed E-state index contributed by atoms with van der Waals surface area (Å²) in [5.74, 6) is -0.822. The van der Waals surface area contributed by atoms with E-state index in [0.717, 1.165) is 18.4 Å². The quantitative estimate of drug-likeness (QED) is 0.435. The lowest BCUT2D eigenvalue weighted by Gasteiger charge is -2.50. The normalized spacial score (nSPS) is 32.1. The van der Waals surface area contributed by atoms with E-state index < -0.39 is 12.0 Å². The average Bonchev–Trinajstić information content (AvgIpc) is 3.16. The highest BCUT2D eigenvalue weighted by molar-refractivity contribution is 8.02. The van der Waals surface area contributed by atoms with Crippen LogP contribution in [0.15, 0.2) is 11.3 Å². The molecule has 2 radical (unpaired) electrons. The number of β-lactam (4-membered cyclic amide) rings is 1. The number of hydrogen-bond donors (Lipinski definition) is 1. The first-order valence-electron chi connectivity index (χ1n) is 5.53. The lowest BCUT2D eigenvalue weighted by Crippen LogP contribution is -2.69. The second-order valence-electron chi connectivity index (χ2n) is 4.60. The van der Waals surface area contributed by atoms with Crippen LogP contribution in [0.1, 0.15) is 12.8 Å². The SMILES string of the molecule is [B]OC(=O)C1=C(CCl)C2(CC2)S[C@@H]2[C@H](N)C(=O)N12. The van der Waals surface area contributed by atoms with Crippen LogP contribution in [0.25, 0.3) is 0 Å². The fraction of sp³-hybridized carbons (Fsp3) is 0.600. The van der Waals surface area contributed by atoms with Gasteiger partial charge in [-0.3, -0.25) is 9.69 Å². The lowest BCUT2D eigenvalue weighted by atomic mass is 10.0. The third-order valence-electron chi connectivity index (χ3n) is 3.65. The number of nitrogens with two attached hydrogens (primary N) is 1. The van der Waals surface area contributed by atoms with Gasteiger partial charge in [0, 0.05) is 10.6 Å². The first-order valence-corrected chi connectivity index (χ1v) is 6.94. The summed E-state index contributed by atoms with van der Waals surface area (Å²) in [6, 6.07) is -0.565. The molecule has 94 valence electrons. The van der Waals surface area contributed by atoms with Gasteiger partial charge in [-0.25, -0.2) is 4.79 Å². The Morgan fingerprint density at radius 3 is 2.83 bits per heavy atom. The Morgan fingerprint density at radius 2 is 2.33 bits per heavy atom. The van der Waals surface area contributed by atoms with Crippen LogP contribution in [0.5, 0.6) is 0 Å². The van der Waals surface area contributed by atoms with Crippen molar-refractivity contribution in [1.82, 2.24) is 4.90 Å². The van der Waals surface area contributed by atoms with Crippen LogP contribution in [0, 0.1) is 0 Å². The molecule has 2 atom stereocenters. The molecule has 3 aliphatic rings. The summed E-state index contributed by atoms with van der Waals surface area (Å²) < 4.78 is 4.13. The molecule has 1 amide bonds. The van der Waals surface area contributed by atoms with Gasteiger partial charge in [0.15, 0.2) is 0 Å². The number of nitrogens with zero attached hydrogens (tertiary/aromatic N) is 1. The molecule has 2 N–H and O–H groups in total. The zero-order chi connectivity index (χ0) is 13.1. The van der Waals surface area contributed by atoms with E-state index in [1.807, 2.05) is 0 Å². The Kier molecular flexibility index (Phi) is 2.69. The summed E-state index contributed by atoms with van der Waals surface area (Å²) in [6.45, 7) is 0. The van der Waals surface area contributed by atoms with Crippen LogP contribution >= 0.6 is 23.4 Å². The van der Waals surface area contributed by atoms with Crippen LogP contribution < -0.4 is 5.73 Å². The van der Waals surface area contributed by atoms with Crippen molar-refractivity contribution in [2.24, 2.45) is 5.73 Å². The third kappa shape index (κ3) is 1.41. The molecule has 0 unspecified atom stereocenters. The average molecular weight is 285 g/mol. The fourth-order valence-corrected chi connectivity index (χ4v) is 4.66. The van der Waals surface area contributed by atoms with Crippen molar-refractivity contribution in [2.75, 3.05) is 5.88 Å². The molecule has 0 aromatic carbocycles. The number of thioether (sulfide) groups is 1. The zero-order valence-electron chi connectivity index (χ0n) is 9.39. The predicted molar refractivity (Wildman–Crippen MR) is 67.8 cm³/mol. The minimum absolute atomic E-state index is 0.148. The van der Waals surface area contributed by atoms with Gasteiger partial charge in [-0.2, -0.15) is 0 Å². The number of alkyl halides is 1. The van der Waals surface area contributed by atoms with Gasteiger partial charge in [0.1, 0.15) is 17.1 Å². The first-order chi connectivity index (χ1) is 8.55. The standard InChI is InChI=1S/C10H10BClN2O3S/c11-17-9(16)6-4(3-12)10(1-2-10)18-8-5(13)7(15)14(6)8/h5,8H,1-3,13H2/t5-,8-/m1/s1. The number of halogens is 1. The largest absolute Gasteiger partial charge is 0.539 e. The lowest BCUT2D eigenvalue weighted by molar-refractivity contribution is -0.147. The molecule has 3 rings (SSSR count). The summed E-state index contributed by atoms with van der Waals surface area (Å²) >= 11 is 7.55. The van der Waals surface area contributed by atoms with Gasteiger partial charge in [-0.05, 0) is 18.4 Å². The maximum absolute atomic E-state index is 11.8. The van der Waals surface area contributed by atoms with Crippen LogP contribution in [-0.2, 0) is 14.2 Å². The van der Waals surface area contributed by atoms with E-state index in [4.69, 9.17) is 25.4 Å². The van der Waals surface area contributed by atoms with Crippen molar-refractivity contribution in [2.45, 2.75) is 29.0 Å². The Bertz CT molecular complexity index is 480. The van der Waals surface area contributed by atoms with Crippen molar-refractivity contribution in [3.8, 4) is 0 Å². The Morgan fingerprint density at radius 1 is 1.67 bits per heavy atom. The monoisotopic (exact) mass is 284 g/mol. The smallest absolute Gasteiger partial charge is 0.378 e. The van der Waals surface area contributed by atoms with Gasteiger partial charge in [0.05, 0.1) is 0 Å². The molecule has 1 aliphatic carbocycles. The van der Waals surface area contributed by atoms with Crippen LogP contribution in [0.2, 0.25) is 0 Å². The summed E-state index contributed by atoms with van der Waals surface area (Å²) in [5.41, 5.74) is 6.70. The highest BCUT2D eigenvalue weighted by atomic mass is 35.5. The molecular formula is C10H10BClN2O3S. The number of fused-ring (bicyclic) bond motifs is 1. The Balaban J connectivity index is 2.09. The molecular weight excluding hydrogens is 274 g/mol. The molecule has 2 fully saturated rings. The van der Waals surface area contributed by atoms with Gasteiger partial charge in [-0.15, -0.1) is 23.4 Å². The molecule has 1 saturated heterocycles. The predicted octanol–water partition coefficient (Wildman–Crippen LogP) is -0.119. The molecule has 0 aromatic rings. The topological polar surface area (TPSA) is 72.6 Å². The number of carbonyl (C=O) groups excluding carboxylic acids is 2. The van der Waals surface area contributed by atoms with E-state index in [1.165, 1.54) is 4.90 Å². The van der Waals surface area contributed by atoms with Crippen LogP contribution in [0.3, 0.4) is 0 Å². The molecule has 18 heavy (non-hydrogen) atoms. The van der Waals surface area contributed by atoms with Gasteiger partial charge in [0.2, 0.25) is 5.91 Å². The van der Waals surface area contributed by atoms with Crippen LogP contribution in [0.4, 0.5) is 0 Å². The molecule has 2 heterocycles. The van der Waals surface area contributed by atoms with Gasteiger partial charge in [0.25, 0.3) is 0 Å². The minimum Gasteiger partial charge on any atom is -0.539 e. The van der Waals surface area contributed by atoms with E-state index in [2.05, 4.69) is 4.65 Å². The van der Waals surface area contributed by atoms with E-state index in [-0.39, 0.29) is 27.6 Å². The van der Waals surface area contributed by atoms with Gasteiger partial charge in [-0.1, -0.05) is 0 Å². The van der Waals surface area contributed by atoms with Crippen molar-refractivity contribution < 1.29 is 14.2 Å².